The van der Waals surface area contributed by atoms with Crippen LogP contribution in [-0.2, 0) is 0 Å². The summed E-state index contributed by atoms with van der Waals surface area (Å²) in [7, 11) is 0. The van der Waals surface area contributed by atoms with Crippen molar-refractivity contribution in [3.8, 4) is 45.3 Å². The summed E-state index contributed by atoms with van der Waals surface area (Å²) >= 11 is 1.81. The van der Waals surface area contributed by atoms with Crippen LogP contribution in [0.4, 0.5) is 0 Å². The molecule has 12 rings (SSSR count). The maximum absolute atomic E-state index is 6.81. The van der Waals surface area contributed by atoms with Gasteiger partial charge in [-0.05, 0) is 80.3 Å². The Hall–Kier alpha value is -7.21. The normalized spacial score (nSPS) is 11.9. The Bertz CT molecular complexity index is 3510. The molecule has 0 N–H and O–H groups in total. The lowest BCUT2D eigenvalue weighted by molar-refractivity contribution is 0.670. The molecule has 0 fully saturated rings. The number of hydrogen-bond acceptors (Lipinski definition) is 5. The second kappa shape index (κ2) is 12.2. The van der Waals surface area contributed by atoms with Gasteiger partial charge >= 0.3 is 0 Å². The molecule has 3 heterocycles. The summed E-state index contributed by atoms with van der Waals surface area (Å²) in [5.41, 5.74) is 6.58. The zero-order valence-corrected chi connectivity index (χ0v) is 30.7. The van der Waals surface area contributed by atoms with Gasteiger partial charge in [0.15, 0.2) is 17.5 Å². The molecule has 0 radical (unpaired) electrons. The lowest BCUT2D eigenvalue weighted by atomic mass is 9.92. The van der Waals surface area contributed by atoms with Gasteiger partial charge < -0.3 is 4.42 Å². The second-order valence-corrected chi connectivity index (χ2v) is 15.4. The van der Waals surface area contributed by atoms with E-state index in [9.17, 15) is 0 Å². The van der Waals surface area contributed by atoms with Crippen LogP contribution in [0.1, 0.15) is 0 Å². The molecule has 3 aromatic heterocycles. The number of aromatic nitrogens is 3. The number of hydrogen-bond donors (Lipinski definition) is 0. The smallest absolute Gasteiger partial charge is 0.164 e. The van der Waals surface area contributed by atoms with Crippen molar-refractivity contribution in [1.82, 2.24) is 15.0 Å². The molecule has 0 aliphatic heterocycles. The highest BCUT2D eigenvalue weighted by molar-refractivity contribution is 7.25. The van der Waals surface area contributed by atoms with Crippen molar-refractivity contribution in [2.45, 2.75) is 0 Å². The SMILES string of the molecule is c1ccc(-c2nc(-c3ccc4c(c3)oc3c(-c5ccc6c7ccccc7c7ccccc7c6c5)cccc34)nc(-c3ccc4sc5ccccc5c4c3)n2)cc1. The van der Waals surface area contributed by atoms with E-state index < -0.39 is 0 Å². The first-order chi connectivity index (χ1) is 27.7. The predicted molar refractivity (Wildman–Crippen MR) is 234 cm³/mol. The van der Waals surface area contributed by atoms with E-state index in [4.69, 9.17) is 19.4 Å². The third-order valence-electron chi connectivity index (χ3n) is 11.1. The second-order valence-electron chi connectivity index (χ2n) is 14.3. The summed E-state index contributed by atoms with van der Waals surface area (Å²) in [6.07, 6.45) is 0. The minimum absolute atomic E-state index is 0.598. The fraction of sp³-hybridized carbons (Fsp3) is 0. The van der Waals surface area contributed by atoms with Crippen LogP contribution in [0.3, 0.4) is 0 Å². The summed E-state index contributed by atoms with van der Waals surface area (Å²) < 4.78 is 9.32. The maximum atomic E-state index is 6.81. The number of thiophene rings is 1. The van der Waals surface area contributed by atoms with E-state index in [0.29, 0.717) is 17.5 Å². The fourth-order valence-electron chi connectivity index (χ4n) is 8.46. The Labute approximate surface area is 325 Å². The summed E-state index contributed by atoms with van der Waals surface area (Å²) in [6, 6.07) is 62.1. The van der Waals surface area contributed by atoms with Crippen LogP contribution >= 0.6 is 11.3 Å². The van der Waals surface area contributed by atoms with E-state index in [2.05, 4.69) is 146 Å². The average Bonchev–Trinajstić information content (AvgIpc) is 3.84. The van der Waals surface area contributed by atoms with Gasteiger partial charge in [0.25, 0.3) is 0 Å². The first kappa shape index (κ1) is 31.2. The molecule has 0 bridgehead atoms. The van der Waals surface area contributed by atoms with E-state index in [1.165, 1.54) is 52.5 Å². The lowest BCUT2D eigenvalue weighted by Crippen LogP contribution is -2.00. The van der Waals surface area contributed by atoms with E-state index in [1.54, 1.807) is 11.3 Å². The van der Waals surface area contributed by atoms with E-state index >= 15 is 0 Å². The maximum Gasteiger partial charge on any atom is 0.164 e. The summed E-state index contributed by atoms with van der Waals surface area (Å²) in [5, 5.41) is 12.1. The molecule has 0 saturated carbocycles. The monoisotopic (exact) mass is 731 g/mol. The van der Waals surface area contributed by atoms with Gasteiger partial charge in [-0.3, -0.25) is 0 Å². The van der Waals surface area contributed by atoms with Crippen LogP contribution in [0.25, 0.3) is 120 Å². The molecule has 4 nitrogen and oxygen atoms in total. The highest BCUT2D eigenvalue weighted by Gasteiger charge is 2.18. The third kappa shape index (κ3) is 4.81. The molecule has 260 valence electrons. The van der Waals surface area contributed by atoms with Gasteiger partial charge in [-0.1, -0.05) is 133 Å². The predicted octanol–water partition coefficient (Wildman–Crippen LogP) is 14.3. The van der Waals surface area contributed by atoms with Gasteiger partial charge in [-0.15, -0.1) is 11.3 Å². The van der Waals surface area contributed by atoms with Gasteiger partial charge in [-0.25, -0.2) is 15.0 Å². The van der Waals surface area contributed by atoms with Gasteiger partial charge in [0.05, 0.1) is 0 Å². The Kier molecular flexibility index (Phi) is 6.76. The molecule has 0 aliphatic rings. The van der Waals surface area contributed by atoms with Crippen LogP contribution in [0.2, 0.25) is 0 Å². The number of rotatable bonds is 4. The summed E-state index contributed by atoms with van der Waals surface area (Å²) in [5.74, 6) is 1.86. The van der Waals surface area contributed by atoms with Crippen LogP contribution in [0.15, 0.2) is 180 Å². The largest absolute Gasteiger partial charge is 0.455 e. The molecule has 9 aromatic carbocycles. The standard InChI is InChI=1S/C51H29N3OS/c1-2-11-30(12-3-1)49-52-50(32-23-26-47-44(28-32)41-17-8-9-20-46(41)56-47)54-51(53-49)33-22-25-40-42-19-10-18-34(48(42)55-45(40)29-33)31-21-24-39-37-15-5-4-13-35(37)36-14-6-7-16-38(36)43(39)27-31/h1-29H. The first-order valence-electron chi connectivity index (χ1n) is 18.8. The average molecular weight is 732 g/mol. The number of furan rings is 1. The van der Waals surface area contributed by atoms with E-state index in [-0.39, 0.29) is 0 Å². The molecule has 0 saturated heterocycles. The van der Waals surface area contributed by atoms with Crippen molar-refractivity contribution in [2.75, 3.05) is 0 Å². The van der Waals surface area contributed by atoms with Gasteiger partial charge in [0, 0.05) is 53.2 Å². The Balaban J connectivity index is 1.01. The van der Waals surface area contributed by atoms with Gasteiger partial charge in [0.2, 0.25) is 0 Å². The van der Waals surface area contributed by atoms with Crippen molar-refractivity contribution < 1.29 is 4.42 Å². The molecule has 0 aliphatic carbocycles. The minimum Gasteiger partial charge on any atom is -0.455 e. The topological polar surface area (TPSA) is 51.8 Å². The van der Waals surface area contributed by atoms with Crippen LogP contribution in [0.5, 0.6) is 0 Å². The quantitative estimate of drug-likeness (QED) is 0.169. The fourth-order valence-corrected chi connectivity index (χ4v) is 9.54. The van der Waals surface area contributed by atoms with Crippen LogP contribution in [-0.4, -0.2) is 15.0 Å². The third-order valence-corrected chi connectivity index (χ3v) is 12.3. The number of benzene rings is 9. The van der Waals surface area contributed by atoms with Crippen LogP contribution in [0, 0.1) is 0 Å². The Morgan fingerprint density at radius 2 is 0.839 bits per heavy atom. The first-order valence-corrected chi connectivity index (χ1v) is 19.6. The molecular weight excluding hydrogens is 703 g/mol. The van der Waals surface area contributed by atoms with Crippen molar-refractivity contribution in [3.63, 3.8) is 0 Å². The minimum atomic E-state index is 0.598. The highest BCUT2D eigenvalue weighted by Crippen LogP contribution is 2.41. The van der Waals surface area contributed by atoms with Crippen molar-refractivity contribution in [1.29, 1.82) is 0 Å². The van der Waals surface area contributed by atoms with Crippen molar-refractivity contribution in [2.24, 2.45) is 0 Å². The lowest BCUT2D eigenvalue weighted by Gasteiger charge is -2.12. The number of nitrogens with zero attached hydrogens (tertiary/aromatic N) is 3. The molecule has 0 amide bonds. The number of para-hydroxylation sites is 1. The molecule has 12 aromatic rings. The highest BCUT2D eigenvalue weighted by atomic mass is 32.1. The van der Waals surface area contributed by atoms with Crippen molar-refractivity contribution >= 4 is 85.8 Å². The van der Waals surface area contributed by atoms with Gasteiger partial charge in [-0.2, -0.15) is 0 Å². The molecule has 0 spiro atoms. The molecule has 56 heavy (non-hydrogen) atoms. The zero-order valence-electron chi connectivity index (χ0n) is 29.9. The van der Waals surface area contributed by atoms with Crippen LogP contribution < -0.4 is 0 Å². The molecular formula is C51H29N3OS. The van der Waals surface area contributed by atoms with Gasteiger partial charge in [0.1, 0.15) is 11.2 Å². The van der Waals surface area contributed by atoms with Crippen molar-refractivity contribution in [3.05, 3.63) is 176 Å². The molecule has 0 unspecified atom stereocenters. The number of fused-ring (bicyclic) bond motifs is 12. The summed E-state index contributed by atoms with van der Waals surface area (Å²) in [4.78, 5) is 15.2. The van der Waals surface area contributed by atoms with E-state index in [1.807, 2.05) is 30.3 Å². The Morgan fingerprint density at radius 3 is 1.59 bits per heavy atom. The molecule has 0 atom stereocenters. The summed E-state index contributed by atoms with van der Waals surface area (Å²) in [6.45, 7) is 0. The van der Waals surface area contributed by atoms with E-state index in [0.717, 1.165) is 49.8 Å². The Morgan fingerprint density at radius 1 is 0.321 bits per heavy atom. The molecule has 5 heteroatoms. The zero-order chi connectivity index (χ0) is 36.7.